The van der Waals surface area contributed by atoms with E-state index < -0.39 is 17.6 Å². The highest BCUT2D eigenvalue weighted by molar-refractivity contribution is 5.92. The Morgan fingerprint density at radius 2 is 1.91 bits per heavy atom. The number of H-pyrrole nitrogens is 1. The molecule has 1 aromatic heterocycles. The number of fused-ring (bicyclic) bond motifs is 4. The van der Waals surface area contributed by atoms with Gasteiger partial charge in [0.25, 0.3) is 0 Å². The summed E-state index contributed by atoms with van der Waals surface area (Å²) < 4.78 is 16.3. The van der Waals surface area contributed by atoms with Crippen molar-refractivity contribution in [1.29, 1.82) is 0 Å². The Balaban J connectivity index is 0.00000133. The number of hydrogen-bond donors (Lipinski definition) is 2. The highest BCUT2D eigenvalue weighted by Gasteiger charge is 2.51. The molecule has 34 heavy (non-hydrogen) atoms. The van der Waals surface area contributed by atoms with Crippen LogP contribution in [0.3, 0.4) is 0 Å². The van der Waals surface area contributed by atoms with E-state index in [1.54, 1.807) is 11.9 Å². The van der Waals surface area contributed by atoms with Gasteiger partial charge in [-0.2, -0.15) is 0 Å². The Labute approximate surface area is 199 Å². The first-order chi connectivity index (χ1) is 16.5. The maximum atomic E-state index is 13.5. The van der Waals surface area contributed by atoms with Gasteiger partial charge in [-0.3, -0.25) is 4.79 Å². The van der Waals surface area contributed by atoms with Crippen molar-refractivity contribution in [2.45, 2.75) is 38.8 Å². The second-order valence-electron chi connectivity index (χ2n) is 8.20. The Bertz CT molecular complexity index is 1220. The summed E-state index contributed by atoms with van der Waals surface area (Å²) in [6, 6.07) is 12.8. The molecule has 2 atom stereocenters. The van der Waals surface area contributed by atoms with Gasteiger partial charge in [-0.15, -0.1) is 0 Å². The molecular weight excluding hydrogens is 434 g/mol. The lowest BCUT2D eigenvalue weighted by molar-refractivity contribution is -0.158. The third kappa shape index (κ3) is 3.58. The van der Waals surface area contributed by atoms with Gasteiger partial charge < -0.3 is 29.4 Å². The van der Waals surface area contributed by atoms with Crippen molar-refractivity contribution < 1.29 is 23.8 Å². The van der Waals surface area contributed by atoms with Crippen molar-refractivity contribution in [3.8, 4) is 11.5 Å². The lowest BCUT2D eigenvalue weighted by atomic mass is 9.77. The minimum Gasteiger partial charge on any atom is -0.467 e. The SMILES string of the molecule is CC.CNCC(=O)N1[C@@H](C(=O)OC)Cc2c([nH]c3ccccc23)[C@@]1(C)c1ccc2c(c1)OCO2. The maximum Gasteiger partial charge on any atom is 0.328 e. The molecule has 2 aliphatic rings. The lowest BCUT2D eigenvalue weighted by Crippen LogP contribution is -2.61. The fourth-order valence-corrected chi connectivity index (χ4v) is 5.01. The summed E-state index contributed by atoms with van der Waals surface area (Å²) in [7, 11) is 3.06. The van der Waals surface area contributed by atoms with E-state index >= 15 is 0 Å². The first kappa shape index (κ1) is 23.6. The Kier molecular flexibility index (Phi) is 6.52. The monoisotopic (exact) mass is 465 g/mol. The first-order valence-electron chi connectivity index (χ1n) is 11.5. The normalized spacial score (nSPS) is 20.4. The molecule has 8 nitrogen and oxygen atoms in total. The summed E-state index contributed by atoms with van der Waals surface area (Å²) in [4.78, 5) is 31.6. The molecule has 3 heterocycles. The second-order valence-corrected chi connectivity index (χ2v) is 8.20. The van der Waals surface area contributed by atoms with Gasteiger partial charge >= 0.3 is 5.97 Å². The van der Waals surface area contributed by atoms with Gasteiger partial charge in [-0.25, -0.2) is 4.79 Å². The number of ether oxygens (including phenoxy) is 3. The number of nitrogens with zero attached hydrogens (tertiary/aromatic N) is 1. The number of aromatic amines is 1. The van der Waals surface area contributed by atoms with E-state index in [2.05, 4.69) is 10.3 Å². The van der Waals surface area contributed by atoms with Crippen LogP contribution in [-0.2, 0) is 26.3 Å². The zero-order chi connectivity index (χ0) is 24.5. The number of likely N-dealkylation sites (N-methyl/N-ethyl adjacent to an activating group) is 1. The number of amides is 1. The van der Waals surface area contributed by atoms with Crippen LogP contribution in [0.2, 0.25) is 0 Å². The molecule has 0 radical (unpaired) electrons. The topological polar surface area (TPSA) is 92.9 Å². The van der Waals surface area contributed by atoms with Crippen LogP contribution in [-0.4, -0.2) is 55.3 Å². The minimum atomic E-state index is -0.972. The predicted octanol–water partition coefficient (Wildman–Crippen LogP) is 3.33. The number of nitrogens with one attached hydrogen (secondary N) is 2. The average molecular weight is 466 g/mol. The minimum absolute atomic E-state index is 0.0865. The third-order valence-corrected chi connectivity index (χ3v) is 6.50. The fourth-order valence-electron chi connectivity index (χ4n) is 5.01. The highest BCUT2D eigenvalue weighted by Crippen LogP contribution is 2.47. The molecular formula is C26H31N3O5. The predicted molar refractivity (Wildman–Crippen MR) is 129 cm³/mol. The smallest absolute Gasteiger partial charge is 0.328 e. The Hall–Kier alpha value is -3.52. The van der Waals surface area contributed by atoms with E-state index in [-0.39, 0.29) is 19.2 Å². The molecule has 5 rings (SSSR count). The largest absolute Gasteiger partial charge is 0.467 e. The number of hydrogen-bond acceptors (Lipinski definition) is 6. The van der Waals surface area contributed by atoms with Crippen LogP contribution < -0.4 is 14.8 Å². The molecule has 0 aliphatic carbocycles. The second kappa shape index (κ2) is 9.38. The molecule has 0 spiro atoms. The number of rotatable bonds is 4. The van der Waals surface area contributed by atoms with E-state index in [9.17, 15) is 9.59 Å². The van der Waals surface area contributed by atoms with Gasteiger partial charge in [0.15, 0.2) is 11.5 Å². The molecule has 2 aliphatic heterocycles. The highest BCUT2D eigenvalue weighted by atomic mass is 16.7. The lowest BCUT2D eigenvalue weighted by Gasteiger charge is -2.48. The quantitative estimate of drug-likeness (QED) is 0.574. The van der Waals surface area contributed by atoms with E-state index in [1.165, 1.54) is 7.11 Å². The molecule has 3 aromatic rings. The van der Waals surface area contributed by atoms with Crippen molar-refractivity contribution in [3.05, 3.63) is 59.3 Å². The molecule has 0 bridgehead atoms. The summed E-state index contributed by atoms with van der Waals surface area (Å²) in [6.07, 6.45) is 0.363. The molecule has 0 saturated carbocycles. The van der Waals surface area contributed by atoms with Crippen LogP contribution >= 0.6 is 0 Å². The molecule has 8 heteroatoms. The third-order valence-electron chi connectivity index (χ3n) is 6.50. The summed E-state index contributed by atoms with van der Waals surface area (Å²) in [6.45, 7) is 6.20. The van der Waals surface area contributed by atoms with Crippen LogP contribution in [0.15, 0.2) is 42.5 Å². The van der Waals surface area contributed by atoms with Crippen molar-refractivity contribution in [2.75, 3.05) is 27.5 Å². The Morgan fingerprint density at radius 1 is 1.18 bits per heavy atom. The van der Waals surface area contributed by atoms with E-state index in [0.717, 1.165) is 27.7 Å². The number of esters is 1. The maximum absolute atomic E-state index is 13.5. The van der Waals surface area contributed by atoms with Crippen molar-refractivity contribution in [3.63, 3.8) is 0 Å². The summed E-state index contributed by atoms with van der Waals surface area (Å²) >= 11 is 0. The molecule has 2 N–H and O–H groups in total. The number of benzene rings is 2. The standard InChI is InChI=1S/C24H25N3O5.C2H6/c1-24(14-8-9-19-20(10-14)32-13-31-19)22-16(15-6-4-5-7-17(15)26-22)11-18(23(29)30-3)27(24)21(28)12-25-2;1-2/h4-10,18,25-26H,11-13H2,1-3H3;1-2H3/t18-,24-;/m1./s1. The molecule has 0 saturated heterocycles. The van der Waals surface area contributed by atoms with Gasteiger partial charge in [0.05, 0.1) is 13.7 Å². The van der Waals surface area contributed by atoms with Crippen LogP contribution in [0.4, 0.5) is 0 Å². The molecule has 1 amide bonds. The molecule has 2 aromatic carbocycles. The van der Waals surface area contributed by atoms with Crippen molar-refractivity contribution in [2.24, 2.45) is 0 Å². The van der Waals surface area contributed by atoms with E-state index in [1.807, 2.05) is 63.2 Å². The van der Waals surface area contributed by atoms with Crippen LogP contribution in [0.1, 0.15) is 37.6 Å². The van der Waals surface area contributed by atoms with Gasteiger partial charge in [-0.05, 0) is 43.3 Å². The first-order valence-corrected chi connectivity index (χ1v) is 11.5. The van der Waals surface area contributed by atoms with Gasteiger partial charge in [0, 0.05) is 23.0 Å². The van der Waals surface area contributed by atoms with Crippen molar-refractivity contribution >= 4 is 22.8 Å². The van der Waals surface area contributed by atoms with Crippen LogP contribution in [0.5, 0.6) is 11.5 Å². The molecule has 180 valence electrons. The molecule has 0 unspecified atom stereocenters. The fraction of sp³-hybridized carbons (Fsp3) is 0.385. The van der Waals surface area contributed by atoms with Gasteiger partial charge in [-0.1, -0.05) is 38.1 Å². The van der Waals surface area contributed by atoms with E-state index in [4.69, 9.17) is 14.2 Å². The zero-order valence-electron chi connectivity index (χ0n) is 20.2. The summed E-state index contributed by atoms with van der Waals surface area (Å²) in [5.74, 6) is 0.620. The summed E-state index contributed by atoms with van der Waals surface area (Å²) in [5.41, 5.74) is 2.68. The van der Waals surface area contributed by atoms with Gasteiger partial charge in [0.2, 0.25) is 12.7 Å². The average Bonchev–Trinajstić information content (AvgIpc) is 3.49. The van der Waals surface area contributed by atoms with Gasteiger partial charge in [0.1, 0.15) is 11.6 Å². The van der Waals surface area contributed by atoms with Crippen LogP contribution in [0.25, 0.3) is 10.9 Å². The number of para-hydroxylation sites is 1. The number of methoxy groups -OCH3 is 1. The number of aromatic nitrogens is 1. The number of carbonyl (C=O) groups excluding carboxylic acids is 2. The molecule has 0 fully saturated rings. The number of carbonyl (C=O) groups is 2. The van der Waals surface area contributed by atoms with E-state index in [0.29, 0.717) is 17.9 Å². The zero-order valence-corrected chi connectivity index (χ0v) is 20.2. The van der Waals surface area contributed by atoms with Crippen LogP contribution in [0, 0.1) is 0 Å². The van der Waals surface area contributed by atoms with Crippen molar-refractivity contribution in [1.82, 2.24) is 15.2 Å². The Morgan fingerprint density at radius 3 is 2.65 bits per heavy atom. The summed E-state index contributed by atoms with van der Waals surface area (Å²) in [5, 5.41) is 3.96.